The van der Waals surface area contributed by atoms with Crippen LogP contribution in [0.25, 0.3) is 27.7 Å². The van der Waals surface area contributed by atoms with Crippen LogP contribution in [0.4, 0.5) is 15.9 Å². The fourth-order valence-corrected chi connectivity index (χ4v) is 6.01. The van der Waals surface area contributed by atoms with Gasteiger partial charge in [0.05, 0.1) is 35.3 Å². The number of aliphatic hydroxyl groups is 1. The van der Waals surface area contributed by atoms with E-state index >= 15 is 4.39 Å². The van der Waals surface area contributed by atoms with Crippen molar-refractivity contribution in [2.45, 2.75) is 58.5 Å². The smallest absolute Gasteiger partial charge is 0.288 e. The number of benzene rings is 2. The zero-order valence-electron chi connectivity index (χ0n) is 26.6. The molecule has 1 fully saturated rings. The average molecular weight is 625 g/mol. The fourth-order valence-electron chi connectivity index (χ4n) is 6.01. The predicted molar refractivity (Wildman–Crippen MR) is 175 cm³/mol. The molecule has 4 heterocycles. The Kier molecular flexibility index (Phi) is 8.26. The first-order valence-electron chi connectivity index (χ1n) is 15.3. The first-order chi connectivity index (χ1) is 22.0. The number of rotatable bonds is 6. The maximum atomic E-state index is 15.4. The summed E-state index contributed by atoms with van der Waals surface area (Å²) in [7, 11) is 2.11. The molecule has 0 unspecified atom stereocenters. The van der Waals surface area contributed by atoms with Gasteiger partial charge in [0.1, 0.15) is 11.5 Å². The van der Waals surface area contributed by atoms with Crippen molar-refractivity contribution in [2.75, 3.05) is 25.5 Å². The lowest BCUT2D eigenvalue weighted by atomic mass is 9.86. The lowest BCUT2D eigenvalue weighted by Crippen LogP contribution is -2.29. The SMILES string of the molecule is Cc1c(-c2cccc(-n3ncc4cc(C(C)(C)C)cc(F)c4c3=O)c2CO)n[nH]c(=O)c1Nc1ccc(C2CCN(C)CC2)nn1. The summed E-state index contributed by atoms with van der Waals surface area (Å²) in [5.74, 6) is 0.116. The lowest BCUT2D eigenvalue weighted by Gasteiger charge is -2.28. The highest BCUT2D eigenvalue weighted by atomic mass is 19.1. The molecule has 1 saturated heterocycles. The van der Waals surface area contributed by atoms with Crippen molar-refractivity contribution in [1.29, 1.82) is 0 Å². The fraction of sp³-hybridized carbons (Fsp3) is 0.353. The van der Waals surface area contributed by atoms with E-state index in [0.29, 0.717) is 39.5 Å². The van der Waals surface area contributed by atoms with E-state index in [0.717, 1.165) is 41.9 Å². The highest BCUT2D eigenvalue weighted by molar-refractivity contribution is 5.83. The summed E-state index contributed by atoms with van der Waals surface area (Å²) < 4.78 is 16.4. The van der Waals surface area contributed by atoms with Gasteiger partial charge < -0.3 is 15.3 Å². The first kappa shape index (κ1) is 31.2. The Morgan fingerprint density at radius 2 is 1.85 bits per heavy atom. The van der Waals surface area contributed by atoms with Crippen LogP contribution in [0.15, 0.2) is 58.3 Å². The van der Waals surface area contributed by atoms with E-state index in [1.807, 2.05) is 26.8 Å². The molecule has 0 spiro atoms. The van der Waals surface area contributed by atoms with Gasteiger partial charge in [0.15, 0.2) is 5.82 Å². The monoisotopic (exact) mass is 624 g/mol. The summed E-state index contributed by atoms with van der Waals surface area (Å²) in [5.41, 5.74) is 2.41. The van der Waals surface area contributed by atoms with Gasteiger partial charge >= 0.3 is 0 Å². The molecule has 0 saturated carbocycles. The third-order valence-corrected chi connectivity index (χ3v) is 8.80. The number of likely N-dealkylation sites (tertiary alicyclic amines) is 1. The van der Waals surface area contributed by atoms with Crippen molar-refractivity contribution >= 4 is 22.3 Å². The van der Waals surface area contributed by atoms with Gasteiger partial charge in [0.25, 0.3) is 11.1 Å². The average Bonchev–Trinajstić information content (AvgIpc) is 3.03. The maximum Gasteiger partial charge on any atom is 0.288 e. The molecular formula is C34H37FN8O3. The molecule has 12 heteroatoms. The molecule has 5 aromatic rings. The minimum atomic E-state index is -0.655. The molecule has 0 aliphatic carbocycles. The van der Waals surface area contributed by atoms with Crippen molar-refractivity contribution < 1.29 is 9.50 Å². The predicted octanol–water partition coefficient (Wildman–Crippen LogP) is 4.72. The quantitative estimate of drug-likeness (QED) is 0.245. The summed E-state index contributed by atoms with van der Waals surface area (Å²) in [4.78, 5) is 28.9. The molecule has 2 aromatic carbocycles. The number of aromatic nitrogens is 6. The molecule has 0 bridgehead atoms. The standard InChI is InChI=1S/C34H37FN8O3/c1-19-30(40-41-32(45)31(19)37-28-10-9-26(38-39-28)20-11-13-42(5)14-12-20)23-7-6-8-27(24(23)18-44)43-33(46)29-21(17-36-43)15-22(16-25(29)35)34(2,3)4/h6-10,15-17,20,44H,11-14,18H2,1-5H3,(H,41,45)(H,37,39,40). The van der Waals surface area contributed by atoms with E-state index in [2.05, 4.69) is 42.8 Å². The Morgan fingerprint density at radius 3 is 2.52 bits per heavy atom. The Morgan fingerprint density at radius 1 is 1.09 bits per heavy atom. The van der Waals surface area contributed by atoms with Gasteiger partial charge in [0.2, 0.25) is 0 Å². The number of hydrogen-bond donors (Lipinski definition) is 3. The molecule has 0 amide bonds. The van der Waals surface area contributed by atoms with Crippen molar-refractivity contribution in [3.05, 3.63) is 97.6 Å². The summed E-state index contributed by atoms with van der Waals surface area (Å²) in [6.45, 7) is 9.18. The summed E-state index contributed by atoms with van der Waals surface area (Å²) in [6, 6.07) is 11.9. The van der Waals surface area contributed by atoms with E-state index in [9.17, 15) is 14.7 Å². The normalized spacial score (nSPS) is 14.6. The summed E-state index contributed by atoms with van der Waals surface area (Å²) in [5, 5.41) is 33.9. The van der Waals surface area contributed by atoms with Crippen molar-refractivity contribution in [3.63, 3.8) is 0 Å². The van der Waals surface area contributed by atoms with Crippen LogP contribution in [0, 0.1) is 12.7 Å². The third kappa shape index (κ3) is 5.81. The molecule has 0 radical (unpaired) electrons. The van der Waals surface area contributed by atoms with Crippen molar-refractivity contribution in [2.24, 2.45) is 0 Å². The van der Waals surface area contributed by atoms with E-state index in [1.54, 1.807) is 37.3 Å². The highest BCUT2D eigenvalue weighted by Gasteiger charge is 2.23. The molecule has 3 N–H and O–H groups in total. The number of aromatic amines is 1. The largest absolute Gasteiger partial charge is 0.392 e. The van der Waals surface area contributed by atoms with Gasteiger partial charge in [-0.15, -0.1) is 5.10 Å². The van der Waals surface area contributed by atoms with Crippen molar-refractivity contribution in [1.82, 2.24) is 35.1 Å². The van der Waals surface area contributed by atoms with E-state index in [-0.39, 0.29) is 22.2 Å². The molecule has 11 nitrogen and oxygen atoms in total. The number of fused-ring (bicyclic) bond motifs is 1. The number of nitrogens with zero attached hydrogens (tertiary/aromatic N) is 6. The van der Waals surface area contributed by atoms with Gasteiger partial charge in [0, 0.05) is 28.0 Å². The number of anilines is 2. The molecule has 6 rings (SSSR count). The van der Waals surface area contributed by atoms with Crippen LogP contribution in [0.3, 0.4) is 0 Å². The van der Waals surface area contributed by atoms with E-state index in [4.69, 9.17) is 0 Å². The molecule has 1 aliphatic heterocycles. The first-order valence-corrected chi connectivity index (χ1v) is 15.3. The number of aliphatic hydroxyl groups excluding tert-OH is 1. The highest BCUT2D eigenvalue weighted by Crippen LogP contribution is 2.32. The van der Waals surface area contributed by atoms with Crippen LogP contribution in [0.5, 0.6) is 0 Å². The minimum absolute atomic E-state index is 0.0925. The number of halogens is 1. The minimum Gasteiger partial charge on any atom is -0.392 e. The van der Waals surface area contributed by atoms with Gasteiger partial charge in [-0.3, -0.25) is 9.59 Å². The lowest BCUT2D eigenvalue weighted by molar-refractivity contribution is 0.253. The number of hydrogen-bond acceptors (Lipinski definition) is 9. The number of nitrogens with one attached hydrogen (secondary N) is 2. The van der Waals surface area contributed by atoms with Crippen LogP contribution < -0.4 is 16.4 Å². The number of H-pyrrole nitrogens is 1. The second-order valence-electron chi connectivity index (χ2n) is 12.9. The Hall–Kier alpha value is -4.81. The van der Waals surface area contributed by atoms with E-state index < -0.39 is 23.5 Å². The van der Waals surface area contributed by atoms with Gasteiger partial charge in [-0.05, 0) is 81.2 Å². The third-order valence-electron chi connectivity index (χ3n) is 8.80. The Balaban J connectivity index is 1.37. The number of piperidine rings is 1. The summed E-state index contributed by atoms with van der Waals surface area (Å²) >= 11 is 0. The molecule has 238 valence electrons. The Labute approximate surface area is 265 Å². The van der Waals surface area contributed by atoms with Crippen LogP contribution in [-0.2, 0) is 12.0 Å². The summed E-state index contributed by atoms with van der Waals surface area (Å²) in [6.07, 6.45) is 3.49. The zero-order valence-corrected chi connectivity index (χ0v) is 26.6. The second kappa shape index (κ2) is 12.2. The van der Waals surface area contributed by atoms with Crippen LogP contribution in [0.2, 0.25) is 0 Å². The molecule has 1 aliphatic rings. The van der Waals surface area contributed by atoms with E-state index in [1.165, 1.54) is 12.3 Å². The topological polar surface area (TPSA) is 142 Å². The molecule has 3 aromatic heterocycles. The Bertz CT molecular complexity index is 2040. The zero-order chi connectivity index (χ0) is 32.7. The maximum absolute atomic E-state index is 15.4. The molecular weight excluding hydrogens is 587 g/mol. The van der Waals surface area contributed by atoms with Gasteiger partial charge in [-0.25, -0.2) is 9.49 Å². The van der Waals surface area contributed by atoms with Crippen molar-refractivity contribution in [3.8, 4) is 16.9 Å². The molecule has 46 heavy (non-hydrogen) atoms. The molecule has 0 atom stereocenters. The van der Waals surface area contributed by atoms with Gasteiger partial charge in [-0.1, -0.05) is 32.9 Å². The van der Waals surface area contributed by atoms with Crippen LogP contribution in [-0.4, -0.2) is 60.3 Å². The van der Waals surface area contributed by atoms with Gasteiger partial charge in [-0.2, -0.15) is 20.0 Å². The van der Waals surface area contributed by atoms with Crippen LogP contribution >= 0.6 is 0 Å². The van der Waals surface area contributed by atoms with Crippen LogP contribution in [0.1, 0.15) is 61.9 Å². The second-order valence-corrected chi connectivity index (χ2v) is 12.9.